The van der Waals surface area contributed by atoms with Gasteiger partial charge in [-0.3, -0.25) is 32.8 Å². The summed E-state index contributed by atoms with van der Waals surface area (Å²) in [5, 5.41) is 38.6. The Hall–Kier alpha value is -7.61. The van der Waals surface area contributed by atoms with E-state index in [9.17, 15) is 49.4 Å². The summed E-state index contributed by atoms with van der Waals surface area (Å²) in [6.07, 6.45) is 14.2. The molecule has 491 valence electrons. The van der Waals surface area contributed by atoms with Gasteiger partial charge in [-0.1, -0.05) is 98.7 Å². The van der Waals surface area contributed by atoms with Crippen LogP contribution in [0.3, 0.4) is 0 Å². The first-order valence-corrected chi connectivity index (χ1v) is 32.4. The van der Waals surface area contributed by atoms with Gasteiger partial charge in [0.25, 0.3) is 8.32 Å². The van der Waals surface area contributed by atoms with Crippen LogP contribution in [0.5, 0.6) is 0 Å². The largest absolute Gasteiger partial charge is 0.522 e. The van der Waals surface area contributed by atoms with E-state index in [2.05, 4.69) is 75.4 Å². The zero-order valence-corrected chi connectivity index (χ0v) is 53.4. The molecule has 0 saturated heterocycles. The van der Waals surface area contributed by atoms with Gasteiger partial charge in [0.1, 0.15) is 23.6 Å². The number of nitrogen functional groups attached to an aromatic ring is 1. The molecule has 3 heterocycles. The monoisotopic (exact) mass is 1400 g/mol. The molecule has 24 nitrogen and oxygen atoms in total. The van der Waals surface area contributed by atoms with Crippen LogP contribution in [0.2, 0.25) is 18.1 Å². The van der Waals surface area contributed by atoms with E-state index in [0.29, 0.717) is 17.1 Å². The van der Waals surface area contributed by atoms with Crippen LogP contribution in [-0.4, -0.2) is 121 Å². The Morgan fingerprint density at radius 1 is 0.703 bits per heavy atom. The number of aldehydes is 1. The SMILES string of the molecule is Nc1cnccn1.O=Cc1ccc(CO)cc1.O=S(=O)(O)C(F)(F)F.O=S(=O)(O)C(F)(F)F.O=S(=O)(O)C(F)(F)F.OCc1ccc(-c2nc3cnccn3c2Nc2ccc3c(c2)CCC3=NO)cc1.[C-]#[N+]c1ccc2c(c1)CCC2=NO[Si](C)(C)C(C)(C)C.[Sc]. The van der Waals surface area contributed by atoms with Crippen molar-refractivity contribution >= 4 is 85.0 Å². The molecular weight excluding hydrogens is 1340 g/mol. The molecule has 9 N–H and O–H groups in total. The molecule has 0 amide bonds. The number of benzene rings is 4. The molecule has 0 bridgehead atoms. The number of anilines is 3. The minimum Gasteiger partial charge on any atom is -0.455 e. The molecule has 0 atom stereocenters. The van der Waals surface area contributed by atoms with E-state index < -0.39 is 55.2 Å². The van der Waals surface area contributed by atoms with Gasteiger partial charge in [-0.25, -0.2) is 14.8 Å². The topological polar surface area (TPSA) is 373 Å². The number of imidazole rings is 1. The van der Waals surface area contributed by atoms with Gasteiger partial charge < -0.3 is 31.0 Å². The van der Waals surface area contributed by atoms with Crippen LogP contribution in [0.15, 0.2) is 132 Å². The van der Waals surface area contributed by atoms with E-state index in [-0.39, 0.29) is 44.1 Å². The number of nitrogens with zero attached hydrogens (tertiary/aromatic N) is 8. The molecule has 9 rings (SSSR count). The Morgan fingerprint density at radius 3 is 1.60 bits per heavy atom. The number of oxime groups is 2. The van der Waals surface area contributed by atoms with Crippen molar-refractivity contribution in [3.8, 4) is 11.3 Å². The number of hydrogen-bond acceptors (Lipinski definition) is 19. The molecule has 38 heteroatoms. The van der Waals surface area contributed by atoms with E-state index in [1.165, 1.54) is 11.8 Å². The second-order valence-corrected chi connectivity index (χ2v) is 28.7. The number of nitrogens with two attached hydrogens (primary N) is 1. The summed E-state index contributed by atoms with van der Waals surface area (Å²) in [5.74, 6) is 1.30. The maximum absolute atomic E-state index is 10.7. The molecule has 0 unspecified atom stereocenters. The Morgan fingerprint density at radius 2 is 1.18 bits per heavy atom. The van der Waals surface area contributed by atoms with Crippen molar-refractivity contribution < 1.29 is 129 Å². The molecule has 2 aliphatic rings. The van der Waals surface area contributed by atoms with Crippen LogP contribution in [-0.2, 0) is 86.8 Å². The van der Waals surface area contributed by atoms with E-state index >= 15 is 0 Å². The number of fused-ring (bicyclic) bond motifs is 3. The molecule has 0 fully saturated rings. The van der Waals surface area contributed by atoms with Gasteiger partial charge in [0, 0.05) is 73.0 Å². The number of carbonyl (C=O) groups excluding carboxylic acids is 1. The number of rotatable bonds is 8. The van der Waals surface area contributed by atoms with Crippen LogP contribution in [0, 0.1) is 6.57 Å². The van der Waals surface area contributed by atoms with Gasteiger partial charge in [0.2, 0.25) is 0 Å². The van der Waals surface area contributed by atoms with Crippen molar-refractivity contribution in [1.29, 1.82) is 0 Å². The number of carbonyl (C=O) groups is 1. The number of aliphatic hydroxyl groups excluding tert-OH is 2. The summed E-state index contributed by atoms with van der Waals surface area (Å²) >= 11 is 0. The fourth-order valence-corrected chi connectivity index (χ4v) is 7.33. The van der Waals surface area contributed by atoms with Gasteiger partial charge >= 0.3 is 46.9 Å². The number of aliphatic hydroxyl groups is 2. The number of aryl methyl sites for hydroxylation is 2. The summed E-state index contributed by atoms with van der Waals surface area (Å²) in [5.41, 5.74) is 1.33. The number of nitrogens with one attached hydrogen (secondary N) is 1. The zero-order valence-electron chi connectivity index (χ0n) is 48.2. The van der Waals surface area contributed by atoms with Crippen molar-refractivity contribution in [3.05, 3.63) is 172 Å². The van der Waals surface area contributed by atoms with E-state index in [0.717, 1.165) is 99.6 Å². The van der Waals surface area contributed by atoms with Crippen LogP contribution < -0.4 is 11.1 Å². The molecule has 0 spiro atoms. The van der Waals surface area contributed by atoms with Gasteiger partial charge in [-0.15, -0.1) is 5.16 Å². The van der Waals surface area contributed by atoms with Crippen LogP contribution in [0.25, 0.3) is 21.7 Å². The van der Waals surface area contributed by atoms with Crippen molar-refractivity contribution in [2.24, 2.45) is 10.3 Å². The first-order valence-electron chi connectivity index (χ1n) is 25.2. The smallest absolute Gasteiger partial charge is 0.455 e. The third-order valence-corrected chi connectivity index (χ3v) is 18.3. The molecule has 0 aliphatic heterocycles. The maximum Gasteiger partial charge on any atom is 0.522 e. The summed E-state index contributed by atoms with van der Waals surface area (Å²) in [7, 11) is -19.4. The first kappa shape index (κ1) is 79.5. The number of hydrogen-bond donors (Lipinski definition) is 8. The Balaban J connectivity index is 0.000000395. The predicted octanol–water partition coefficient (Wildman–Crippen LogP) is 10.9. The quantitative estimate of drug-likeness (QED) is 0.0102. The van der Waals surface area contributed by atoms with Gasteiger partial charge in [0.05, 0.1) is 43.6 Å². The summed E-state index contributed by atoms with van der Waals surface area (Å²) in [4.78, 5) is 29.9. The Labute approximate surface area is 534 Å². The first-order chi connectivity index (χ1) is 41.5. The summed E-state index contributed by atoms with van der Waals surface area (Å²) in [6.45, 7) is 18.1. The third kappa shape index (κ3) is 24.5. The van der Waals surface area contributed by atoms with Crippen molar-refractivity contribution in [2.45, 2.75) is 94.3 Å². The minimum atomic E-state index is -5.84. The van der Waals surface area contributed by atoms with Crippen LogP contribution in [0.1, 0.15) is 77.4 Å². The van der Waals surface area contributed by atoms with Crippen molar-refractivity contribution in [2.75, 3.05) is 11.1 Å². The van der Waals surface area contributed by atoms with Gasteiger partial charge in [0.15, 0.2) is 11.3 Å². The molecule has 4 aromatic carbocycles. The Kier molecular flexibility index (Phi) is 29.4. The van der Waals surface area contributed by atoms with E-state index in [1.54, 1.807) is 49.1 Å². The fraction of sp³-hybridized carbons (Fsp3) is 0.283. The van der Waals surface area contributed by atoms with Crippen LogP contribution in [0.4, 0.5) is 62.5 Å². The standard InChI is InChI=1S/C22H19N5O2.C16H22N2OSi.C8H8O2.C4H5N3.3CHF3O3S.Sc/c28-13-14-1-3-15(4-2-14)21-22(27-10-9-23-12-20(27)25-21)24-17-6-7-18-16(11-17)5-8-19(18)26-29;1-16(2,3)20(5,6)19-18-15-10-7-12-11-13(17-4)8-9-14(12)15;9-5-7-1-2-8(6-10)4-3-7;5-4-3-6-1-2-7-4;3*2-1(3,4)8(5,6)7;/h1-4,6-7,9-12,24,28-29H,5,8,13H2;8-9,11H,7,10H2,1-3,5-6H3;1-5,10H,6H2;1-3H,(H2,5,7);3*(H,5,6,7);. The average molecular weight is 1400 g/mol. The molecule has 2 aliphatic carbocycles. The summed E-state index contributed by atoms with van der Waals surface area (Å²) < 4.78 is 181. The minimum absolute atomic E-state index is 0. The van der Waals surface area contributed by atoms with Crippen molar-refractivity contribution in [1.82, 2.24) is 24.3 Å². The second-order valence-electron chi connectivity index (χ2n) is 19.8. The Bertz CT molecular complexity index is 3910. The molecule has 1 radical (unpaired) electrons. The number of aromatic nitrogens is 5. The van der Waals surface area contributed by atoms with E-state index in [4.69, 9.17) is 71.0 Å². The number of halogens is 9. The molecule has 3 aromatic heterocycles. The summed E-state index contributed by atoms with van der Waals surface area (Å²) in [6, 6.07) is 26.4. The maximum atomic E-state index is 10.7. The molecule has 0 saturated carbocycles. The molecular formula is C53H57F9N10O14S3ScSi. The van der Waals surface area contributed by atoms with Gasteiger partial charge in [-0.2, -0.15) is 64.8 Å². The normalized spacial score (nSPS) is 13.7. The second kappa shape index (κ2) is 33.6. The molecule has 91 heavy (non-hydrogen) atoms. The average Bonchev–Trinajstić information content (AvgIpc) is 1.77. The fourth-order valence-electron chi connectivity index (χ4n) is 6.72. The number of alkyl halides is 9. The third-order valence-electron chi connectivity index (χ3n) is 12.4. The van der Waals surface area contributed by atoms with Crippen molar-refractivity contribution in [3.63, 3.8) is 0 Å². The predicted molar refractivity (Wildman–Crippen MR) is 314 cm³/mol. The zero-order chi connectivity index (χ0) is 68.3. The molecule has 7 aromatic rings. The van der Waals surface area contributed by atoms with Gasteiger partial charge in [-0.05, 0) is 83.8 Å². The van der Waals surface area contributed by atoms with Crippen LogP contribution >= 0.6 is 0 Å². The van der Waals surface area contributed by atoms with E-state index in [1.807, 2.05) is 65.2 Å².